The van der Waals surface area contributed by atoms with E-state index in [-0.39, 0.29) is 5.69 Å². The summed E-state index contributed by atoms with van der Waals surface area (Å²) in [5.74, 6) is -1.01. The SMILES string of the molecule is O=C(O)c1c[nH]c(=S)n1Cc1ccc(Cl)cc1. The summed E-state index contributed by atoms with van der Waals surface area (Å²) in [5, 5.41) is 9.64. The highest BCUT2D eigenvalue weighted by molar-refractivity contribution is 7.71. The summed E-state index contributed by atoms with van der Waals surface area (Å²) < 4.78 is 1.92. The first-order valence-corrected chi connectivity index (χ1v) is 5.62. The molecule has 1 heterocycles. The van der Waals surface area contributed by atoms with Gasteiger partial charge in [-0.2, -0.15) is 0 Å². The van der Waals surface area contributed by atoms with Crippen molar-refractivity contribution in [1.29, 1.82) is 0 Å². The molecular formula is C11H9ClN2O2S. The Kier molecular flexibility index (Phi) is 3.31. The van der Waals surface area contributed by atoms with Crippen LogP contribution in [0.15, 0.2) is 30.5 Å². The molecule has 88 valence electrons. The van der Waals surface area contributed by atoms with E-state index in [0.717, 1.165) is 5.56 Å². The van der Waals surface area contributed by atoms with Crippen molar-refractivity contribution in [2.75, 3.05) is 0 Å². The van der Waals surface area contributed by atoms with E-state index in [1.165, 1.54) is 10.8 Å². The van der Waals surface area contributed by atoms with E-state index >= 15 is 0 Å². The van der Waals surface area contributed by atoms with Crippen LogP contribution in [0.2, 0.25) is 5.02 Å². The van der Waals surface area contributed by atoms with Crippen molar-refractivity contribution >= 4 is 29.8 Å². The number of nitrogens with zero attached hydrogens (tertiary/aromatic N) is 1. The largest absolute Gasteiger partial charge is 0.477 e. The van der Waals surface area contributed by atoms with Gasteiger partial charge in [-0.3, -0.25) is 0 Å². The predicted octanol–water partition coefficient (Wildman–Crippen LogP) is 2.95. The third-order valence-corrected chi connectivity index (χ3v) is 2.93. The summed E-state index contributed by atoms with van der Waals surface area (Å²) in [6, 6.07) is 7.19. The number of aromatic carboxylic acids is 1. The van der Waals surface area contributed by atoms with E-state index in [1.54, 1.807) is 12.1 Å². The maximum absolute atomic E-state index is 11.0. The van der Waals surface area contributed by atoms with E-state index in [2.05, 4.69) is 4.98 Å². The molecule has 2 aromatic rings. The number of halogens is 1. The minimum Gasteiger partial charge on any atom is -0.477 e. The average Bonchev–Trinajstić information content (AvgIpc) is 2.64. The molecule has 0 aliphatic heterocycles. The van der Waals surface area contributed by atoms with E-state index in [1.807, 2.05) is 12.1 Å². The van der Waals surface area contributed by atoms with Gasteiger partial charge in [0.2, 0.25) is 0 Å². The van der Waals surface area contributed by atoms with Crippen molar-refractivity contribution in [2.45, 2.75) is 6.54 Å². The van der Waals surface area contributed by atoms with Gasteiger partial charge in [0.25, 0.3) is 0 Å². The van der Waals surface area contributed by atoms with Gasteiger partial charge in [-0.05, 0) is 29.9 Å². The normalized spacial score (nSPS) is 10.4. The fourth-order valence-electron chi connectivity index (χ4n) is 1.50. The van der Waals surface area contributed by atoms with Gasteiger partial charge < -0.3 is 14.7 Å². The summed E-state index contributed by atoms with van der Waals surface area (Å²) in [6.45, 7) is 0.404. The first-order valence-electron chi connectivity index (χ1n) is 4.84. The number of imidazole rings is 1. The highest BCUT2D eigenvalue weighted by Gasteiger charge is 2.11. The molecule has 0 spiro atoms. The summed E-state index contributed by atoms with van der Waals surface area (Å²) in [4.78, 5) is 13.7. The second-order valence-corrected chi connectivity index (χ2v) is 4.32. The Balaban J connectivity index is 2.36. The number of hydrogen-bond acceptors (Lipinski definition) is 2. The Morgan fingerprint density at radius 2 is 2.06 bits per heavy atom. The van der Waals surface area contributed by atoms with Crippen LogP contribution in [-0.4, -0.2) is 20.6 Å². The second kappa shape index (κ2) is 4.73. The van der Waals surface area contributed by atoms with Crippen molar-refractivity contribution < 1.29 is 9.90 Å². The summed E-state index contributed by atoms with van der Waals surface area (Å²) in [6.07, 6.45) is 1.39. The van der Waals surface area contributed by atoms with Crippen LogP contribution in [0.25, 0.3) is 0 Å². The molecule has 0 saturated carbocycles. The zero-order chi connectivity index (χ0) is 12.4. The molecule has 2 rings (SSSR count). The number of H-pyrrole nitrogens is 1. The first-order chi connectivity index (χ1) is 8.08. The molecule has 1 aromatic carbocycles. The molecule has 0 amide bonds. The third kappa shape index (κ3) is 2.57. The summed E-state index contributed by atoms with van der Waals surface area (Å²) in [5.41, 5.74) is 1.08. The predicted molar refractivity (Wildman–Crippen MR) is 67.1 cm³/mol. The third-order valence-electron chi connectivity index (χ3n) is 2.34. The summed E-state index contributed by atoms with van der Waals surface area (Å²) >= 11 is 10.8. The molecule has 0 radical (unpaired) electrons. The molecule has 0 bridgehead atoms. The van der Waals surface area contributed by atoms with Crippen molar-refractivity contribution in [3.05, 3.63) is 51.5 Å². The zero-order valence-corrected chi connectivity index (χ0v) is 10.3. The molecule has 0 aliphatic rings. The van der Waals surface area contributed by atoms with Crippen molar-refractivity contribution in [1.82, 2.24) is 9.55 Å². The Morgan fingerprint density at radius 1 is 1.41 bits per heavy atom. The van der Waals surface area contributed by atoms with E-state index in [0.29, 0.717) is 16.3 Å². The smallest absolute Gasteiger partial charge is 0.354 e. The van der Waals surface area contributed by atoms with Crippen LogP contribution >= 0.6 is 23.8 Å². The molecule has 4 nitrogen and oxygen atoms in total. The summed E-state index contributed by atoms with van der Waals surface area (Å²) in [7, 11) is 0. The molecule has 0 unspecified atom stereocenters. The number of carbonyl (C=O) groups is 1. The van der Waals surface area contributed by atoms with Crippen molar-refractivity contribution in [2.24, 2.45) is 0 Å². The lowest BCUT2D eigenvalue weighted by Gasteiger charge is -2.05. The molecule has 2 N–H and O–H groups in total. The monoisotopic (exact) mass is 268 g/mol. The number of aromatic nitrogens is 2. The minimum atomic E-state index is -1.01. The van der Waals surface area contributed by atoms with Gasteiger partial charge in [0.05, 0.1) is 6.54 Å². The lowest BCUT2D eigenvalue weighted by molar-refractivity contribution is 0.0685. The van der Waals surface area contributed by atoms with Crippen molar-refractivity contribution in [3.8, 4) is 0 Å². The minimum absolute atomic E-state index is 0.143. The van der Waals surface area contributed by atoms with Gasteiger partial charge >= 0.3 is 5.97 Å². The Morgan fingerprint density at radius 3 is 2.65 bits per heavy atom. The molecule has 17 heavy (non-hydrogen) atoms. The molecule has 6 heteroatoms. The standard InChI is InChI=1S/C11H9ClN2O2S/c12-8-3-1-7(2-4-8)6-14-9(10(15)16)5-13-11(14)17/h1-5H,6H2,(H,13,17)(H,15,16). The van der Waals surface area contributed by atoms with Crippen LogP contribution in [0.5, 0.6) is 0 Å². The first kappa shape index (κ1) is 11.9. The van der Waals surface area contributed by atoms with Gasteiger partial charge in [0.15, 0.2) is 4.77 Å². The maximum Gasteiger partial charge on any atom is 0.354 e. The maximum atomic E-state index is 11.0. The molecule has 1 aromatic heterocycles. The van der Waals surface area contributed by atoms with Crippen LogP contribution in [0, 0.1) is 4.77 Å². The highest BCUT2D eigenvalue weighted by atomic mass is 35.5. The number of hydrogen-bond donors (Lipinski definition) is 2. The molecular weight excluding hydrogens is 260 g/mol. The van der Waals surface area contributed by atoms with Crippen molar-refractivity contribution in [3.63, 3.8) is 0 Å². The van der Waals surface area contributed by atoms with Crippen LogP contribution in [0.3, 0.4) is 0 Å². The number of rotatable bonds is 3. The van der Waals surface area contributed by atoms with Gasteiger partial charge in [-0.25, -0.2) is 4.79 Å². The number of carboxylic acids is 1. The van der Waals surface area contributed by atoms with Gasteiger partial charge in [0, 0.05) is 11.2 Å². The Labute approximate surface area is 107 Å². The van der Waals surface area contributed by atoms with Crippen LogP contribution in [-0.2, 0) is 6.54 Å². The van der Waals surface area contributed by atoms with E-state index < -0.39 is 5.97 Å². The molecule has 0 saturated heterocycles. The van der Waals surface area contributed by atoms with E-state index in [4.69, 9.17) is 28.9 Å². The zero-order valence-electron chi connectivity index (χ0n) is 8.68. The van der Waals surface area contributed by atoms with Crippen LogP contribution in [0.4, 0.5) is 0 Å². The quantitative estimate of drug-likeness (QED) is 0.842. The van der Waals surface area contributed by atoms with Gasteiger partial charge in [-0.1, -0.05) is 23.7 Å². The lowest BCUT2D eigenvalue weighted by atomic mass is 10.2. The topological polar surface area (TPSA) is 58.0 Å². The second-order valence-electron chi connectivity index (χ2n) is 3.50. The van der Waals surface area contributed by atoms with E-state index in [9.17, 15) is 4.79 Å². The Hall–Kier alpha value is -1.59. The van der Waals surface area contributed by atoms with Crippen LogP contribution in [0.1, 0.15) is 16.1 Å². The van der Waals surface area contributed by atoms with Gasteiger partial charge in [-0.15, -0.1) is 0 Å². The average molecular weight is 269 g/mol. The number of aromatic amines is 1. The van der Waals surface area contributed by atoms with Crippen LogP contribution < -0.4 is 0 Å². The number of benzene rings is 1. The lowest BCUT2D eigenvalue weighted by Crippen LogP contribution is -2.09. The fraction of sp³-hybridized carbons (Fsp3) is 0.0909. The fourth-order valence-corrected chi connectivity index (χ4v) is 1.85. The molecule has 0 atom stereocenters. The highest BCUT2D eigenvalue weighted by Crippen LogP contribution is 2.12. The van der Waals surface area contributed by atoms with Gasteiger partial charge in [0.1, 0.15) is 5.69 Å². The number of nitrogens with one attached hydrogen (secondary N) is 1. The molecule has 0 aliphatic carbocycles. The molecule has 0 fully saturated rings. The Bertz CT molecular complexity index is 601. The number of carboxylic acid groups (broad SMARTS) is 1.